The zero-order valence-corrected chi connectivity index (χ0v) is 13.8. The van der Waals surface area contributed by atoms with Gasteiger partial charge in [0.1, 0.15) is 0 Å². The first kappa shape index (κ1) is 14.9. The molecule has 0 unspecified atom stereocenters. The van der Waals surface area contributed by atoms with Gasteiger partial charge in [-0.05, 0) is 56.2 Å². The molecule has 1 atom stereocenters. The van der Waals surface area contributed by atoms with Crippen LogP contribution in [0.1, 0.15) is 51.1 Å². The number of hydrogen-bond donors (Lipinski definition) is 1. The van der Waals surface area contributed by atoms with Crippen LogP contribution in [0.5, 0.6) is 0 Å². The Labute approximate surface area is 125 Å². The molecule has 1 aliphatic rings. The molecule has 106 valence electrons. The van der Waals surface area contributed by atoms with Crippen molar-refractivity contribution in [2.75, 3.05) is 11.9 Å². The van der Waals surface area contributed by atoms with Crippen LogP contribution < -0.4 is 10.6 Å². The van der Waals surface area contributed by atoms with E-state index in [-0.39, 0.29) is 6.04 Å². The van der Waals surface area contributed by atoms with Crippen molar-refractivity contribution in [1.29, 1.82) is 0 Å². The van der Waals surface area contributed by atoms with Gasteiger partial charge in [-0.3, -0.25) is 0 Å². The van der Waals surface area contributed by atoms with Crippen LogP contribution in [0.4, 0.5) is 5.69 Å². The van der Waals surface area contributed by atoms with Gasteiger partial charge in [0.2, 0.25) is 0 Å². The largest absolute Gasteiger partial charge is 0.372 e. The summed E-state index contributed by atoms with van der Waals surface area (Å²) in [6, 6.07) is 7.30. The van der Waals surface area contributed by atoms with Crippen LogP contribution in [0.15, 0.2) is 22.7 Å². The lowest BCUT2D eigenvalue weighted by Crippen LogP contribution is -2.34. The number of rotatable bonds is 3. The summed E-state index contributed by atoms with van der Waals surface area (Å²) in [5.41, 5.74) is 8.42. The molecule has 1 aromatic carbocycles. The molecule has 0 spiro atoms. The first-order valence-corrected chi connectivity index (χ1v) is 8.06. The predicted octanol–water partition coefficient (Wildman–Crippen LogP) is 4.48. The lowest BCUT2D eigenvalue weighted by molar-refractivity contribution is 0.341. The fourth-order valence-corrected chi connectivity index (χ4v) is 3.67. The van der Waals surface area contributed by atoms with Crippen molar-refractivity contribution in [2.24, 2.45) is 11.7 Å². The molecule has 2 N–H and O–H groups in total. The zero-order chi connectivity index (χ0) is 14.0. The summed E-state index contributed by atoms with van der Waals surface area (Å²) < 4.78 is 1.12. The molecule has 1 aliphatic carbocycles. The standard InChI is InChI=1S/C16H25BrN2/c1-11-4-6-13(7-5-11)19(3)14-8-9-15(12(2)18)16(17)10-14/h8-13H,4-7,18H2,1-3H3/t11?,12-,13?/m0/s1. The van der Waals surface area contributed by atoms with Crippen LogP contribution in [-0.2, 0) is 0 Å². The Balaban J connectivity index is 2.11. The van der Waals surface area contributed by atoms with Gasteiger partial charge in [0.05, 0.1) is 0 Å². The second-order valence-electron chi connectivity index (χ2n) is 6.02. The van der Waals surface area contributed by atoms with Gasteiger partial charge in [0.25, 0.3) is 0 Å². The highest BCUT2D eigenvalue weighted by atomic mass is 79.9. The van der Waals surface area contributed by atoms with Crippen LogP contribution in [-0.4, -0.2) is 13.1 Å². The molecule has 2 rings (SSSR count). The Bertz CT molecular complexity index is 423. The van der Waals surface area contributed by atoms with E-state index in [0.29, 0.717) is 6.04 Å². The molecule has 3 heteroatoms. The Kier molecular flexibility index (Phi) is 4.91. The normalized spacial score (nSPS) is 25.1. The summed E-state index contributed by atoms with van der Waals surface area (Å²) in [6.45, 7) is 4.39. The Hall–Kier alpha value is -0.540. The average molecular weight is 325 g/mol. The number of halogens is 1. The van der Waals surface area contributed by atoms with Gasteiger partial charge in [-0.1, -0.05) is 28.9 Å². The van der Waals surface area contributed by atoms with Crippen molar-refractivity contribution in [1.82, 2.24) is 0 Å². The summed E-state index contributed by atoms with van der Waals surface area (Å²) in [7, 11) is 2.22. The molecule has 1 aromatic rings. The smallest absolute Gasteiger partial charge is 0.0377 e. The zero-order valence-electron chi connectivity index (χ0n) is 12.2. The average Bonchev–Trinajstić information content (AvgIpc) is 2.38. The number of nitrogens with zero attached hydrogens (tertiary/aromatic N) is 1. The maximum absolute atomic E-state index is 5.96. The maximum atomic E-state index is 5.96. The number of anilines is 1. The maximum Gasteiger partial charge on any atom is 0.0377 e. The monoisotopic (exact) mass is 324 g/mol. The summed E-state index contributed by atoms with van der Waals surface area (Å²) in [6.07, 6.45) is 5.33. The van der Waals surface area contributed by atoms with Gasteiger partial charge in [-0.25, -0.2) is 0 Å². The van der Waals surface area contributed by atoms with Crippen molar-refractivity contribution in [3.05, 3.63) is 28.2 Å². The minimum absolute atomic E-state index is 0.0734. The van der Waals surface area contributed by atoms with Gasteiger partial charge in [-0.15, -0.1) is 0 Å². The molecule has 0 radical (unpaired) electrons. The fourth-order valence-electron chi connectivity index (χ4n) is 2.95. The van der Waals surface area contributed by atoms with E-state index >= 15 is 0 Å². The lowest BCUT2D eigenvalue weighted by atomic mass is 9.86. The van der Waals surface area contributed by atoms with E-state index in [0.717, 1.165) is 10.4 Å². The third-order valence-electron chi connectivity index (χ3n) is 4.41. The van der Waals surface area contributed by atoms with Crippen LogP contribution in [0.3, 0.4) is 0 Å². The number of benzene rings is 1. The Morgan fingerprint density at radius 1 is 1.26 bits per heavy atom. The molecule has 1 saturated carbocycles. The molecule has 0 saturated heterocycles. The minimum atomic E-state index is 0.0734. The molecular weight excluding hydrogens is 300 g/mol. The van der Waals surface area contributed by atoms with Gasteiger partial charge >= 0.3 is 0 Å². The third kappa shape index (κ3) is 3.51. The van der Waals surface area contributed by atoms with E-state index in [1.54, 1.807) is 0 Å². The minimum Gasteiger partial charge on any atom is -0.372 e. The lowest BCUT2D eigenvalue weighted by Gasteiger charge is -2.35. The highest BCUT2D eigenvalue weighted by Crippen LogP contribution is 2.32. The molecule has 0 heterocycles. The van der Waals surface area contributed by atoms with E-state index in [1.165, 1.54) is 36.9 Å². The van der Waals surface area contributed by atoms with Gasteiger partial charge < -0.3 is 10.6 Å². The molecule has 0 aromatic heterocycles. The SMILES string of the molecule is CC1CCC(N(C)c2ccc([C@H](C)N)c(Br)c2)CC1. The summed E-state index contributed by atoms with van der Waals surface area (Å²) in [4.78, 5) is 2.43. The second-order valence-corrected chi connectivity index (χ2v) is 6.87. The van der Waals surface area contributed by atoms with Gasteiger partial charge in [-0.2, -0.15) is 0 Å². The molecule has 0 aliphatic heterocycles. The van der Waals surface area contributed by atoms with Crippen LogP contribution in [0, 0.1) is 5.92 Å². The van der Waals surface area contributed by atoms with Crippen molar-refractivity contribution in [2.45, 2.75) is 51.6 Å². The predicted molar refractivity (Wildman–Crippen MR) is 86.6 cm³/mol. The third-order valence-corrected chi connectivity index (χ3v) is 5.10. The quantitative estimate of drug-likeness (QED) is 0.887. The van der Waals surface area contributed by atoms with E-state index in [1.807, 2.05) is 6.92 Å². The highest BCUT2D eigenvalue weighted by Gasteiger charge is 2.22. The summed E-state index contributed by atoms with van der Waals surface area (Å²) in [5, 5.41) is 0. The van der Waals surface area contributed by atoms with Gasteiger partial charge in [0, 0.05) is 29.3 Å². The van der Waals surface area contributed by atoms with Crippen LogP contribution in [0.2, 0.25) is 0 Å². The molecule has 0 amide bonds. The number of hydrogen-bond acceptors (Lipinski definition) is 2. The first-order valence-electron chi connectivity index (χ1n) is 7.27. The Morgan fingerprint density at radius 2 is 1.89 bits per heavy atom. The van der Waals surface area contributed by atoms with Crippen LogP contribution >= 0.6 is 15.9 Å². The van der Waals surface area contributed by atoms with Crippen molar-refractivity contribution < 1.29 is 0 Å². The summed E-state index contributed by atoms with van der Waals surface area (Å²) in [5.74, 6) is 0.900. The van der Waals surface area contributed by atoms with E-state index in [2.05, 4.69) is 53.0 Å². The number of nitrogens with two attached hydrogens (primary N) is 1. The second kappa shape index (κ2) is 6.27. The van der Waals surface area contributed by atoms with E-state index < -0.39 is 0 Å². The molecule has 1 fully saturated rings. The van der Waals surface area contributed by atoms with Crippen molar-refractivity contribution in [3.63, 3.8) is 0 Å². The van der Waals surface area contributed by atoms with Crippen LogP contribution in [0.25, 0.3) is 0 Å². The van der Waals surface area contributed by atoms with Gasteiger partial charge in [0.15, 0.2) is 0 Å². The Morgan fingerprint density at radius 3 is 2.42 bits per heavy atom. The first-order chi connectivity index (χ1) is 8.99. The molecule has 0 bridgehead atoms. The fraction of sp³-hybridized carbons (Fsp3) is 0.625. The molecule has 19 heavy (non-hydrogen) atoms. The highest BCUT2D eigenvalue weighted by molar-refractivity contribution is 9.10. The van der Waals surface area contributed by atoms with Crippen molar-refractivity contribution in [3.8, 4) is 0 Å². The topological polar surface area (TPSA) is 29.3 Å². The van der Waals surface area contributed by atoms with Crippen molar-refractivity contribution >= 4 is 21.6 Å². The molecular formula is C16H25BrN2. The molecule has 2 nitrogen and oxygen atoms in total. The van der Waals surface area contributed by atoms with E-state index in [9.17, 15) is 0 Å². The summed E-state index contributed by atoms with van der Waals surface area (Å²) >= 11 is 3.64. The van der Waals surface area contributed by atoms with E-state index in [4.69, 9.17) is 5.73 Å².